The largest absolute Gasteiger partial charge is 0.445 e. The lowest BCUT2D eigenvalue weighted by atomic mass is 10.0. The van der Waals surface area contributed by atoms with Crippen LogP contribution in [-0.2, 0) is 16.1 Å². The average Bonchev–Trinajstić information content (AvgIpc) is 3.09. The molecule has 0 bridgehead atoms. The highest BCUT2D eigenvalue weighted by atomic mass is 16.6. The van der Waals surface area contributed by atoms with Crippen molar-refractivity contribution in [3.63, 3.8) is 0 Å². The number of carbonyl (C=O) groups is 2. The summed E-state index contributed by atoms with van der Waals surface area (Å²) in [5.41, 5.74) is 0.307. The number of hydrogen-bond donors (Lipinski definition) is 2. The normalized spacial score (nSPS) is 18.1. The zero-order valence-electron chi connectivity index (χ0n) is 16.3. The van der Waals surface area contributed by atoms with Gasteiger partial charge in [-0.15, -0.1) is 0 Å². The number of ether oxygens (including phenoxy) is 2. The number of carbonyl (C=O) groups excluding carboxylic acids is 2. The predicted octanol–water partition coefficient (Wildman–Crippen LogP) is 3.06. The number of likely N-dealkylation sites (tertiary alicyclic amines) is 1. The zero-order chi connectivity index (χ0) is 19.9. The Morgan fingerprint density at radius 1 is 1.30 bits per heavy atom. The minimum Gasteiger partial charge on any atom is -0.445 e. The molecule has 150 valence electrons. The second kappa shape index (κ2) is 9.60. The predicted molar refractivity (Wildman–Crippen MR) is 101 cm³/mol. The summed E-state index contributed by atoms with van der Waals surface area (Å²) < 4.78 is 10.7. The van der Waals surface area contributed by atoms with Gasteiger partial charge in [0.05, 0.1) is 12.1 Å². The van der Waals surface area contributed by atoms with E-state index in [4.69, 9.17) is 9.47 Å². The molecular formula is C20H30N2O5. The molecule has 7 nitrogen and oxygen atoms in total. The Morgan fingerprint density at radius 2 is 2.00 bits per heavy atom. The molecular weight excluding hydrogens is 348 g/mol. The number of aliphatic hydroxyl groups excluding tert-OH is 1. The van der Waals surface area contributed by atoms with Crippen LogP contribution in [0.15, 0.2) is 30.3 Å². The van der Waals surface area contributed by atoms with Gasteiger partial charge in [-0.1, -0.05) is 30.3 Å². The molecule has 1 heterocycles. The van der Waals surface area contributed by atoms with Gasteiger partial charge in [0.15, 0.2) is 0 Å². The van der Waals surface area contributed by atoms with E-state index in [0.29, 0.717) is 13.0 Å². The van der Waals surface area contributed by atoms with E-state index in [2.05, 4.69) is 5.32 Å². The zero-order valence-corrected chi connectivity index (χ0v) is 16.3. The first-order valence-electron chi connectivity index (χ1n) is 9.38. The third kappa shape index (κ3) is 6.75. The summed E-state index contributed by atoms with van der Waals surface area (Å²) in [6.45, 7) is 6.10. The van der Waals surface area contributed by atoms with Crippen molar-refractivity contribution in [3.8, 4) is 0 Å². The molecule has 1 fully saturated rings. The second-order valence-electron chi connectivity index (χ2n) is 7.71. The molecule has 1 aromatic rings. The molecule has 0 unspecified atom stereocenters. The lowest BCUT2D eigenvalue weighted by Crippen LogP contribution is -2.52. The second-order valence-corrected chi connectivity index (χ2v) is 7.71. The van der Waals surface area contributed by atoms with Crippen LogP contribution in [-0.4, -0.2) is 53.0 Å². The fourth-order valence-corrected chi connectivity index (χ4v) is 3.17. The summed E-state index contributed by atoms with van der Waals surface area (Å²) in [4.78, 5) is 26.3. The molecule has 1 aliphatic rings. The molecule has 2 amide bonds. The summed E-state index contributed by atoms with van der Waals surface area (Å²) in [7, 11) is 0. The Hall–Kier alpha value is -2.28. The Labute approximate surface area is 160 Å². The number of nitrogens with one attached hydrogen (secondary N) is 1. The molecule has 2 N–H and O–H groups in total. The highest BCUT2D eigenvalue weighted by Crippen LogP contribution is 2.24. The third-order valence-corrected chi connectivity index (χ3v) is 4.35. The Morgan fingerprint density at radius 3 is 2.63 bits per heavy atom. The van der Waals surface area contributed by atoms with Crippen molar-refractivity contribution >= 4 is 12.2 Å². The fourth-order valence-electron chi connectivity index (χ4n) is 3.17. The lowest BCUT2D eigenvalue weighted by molar-refractivity contribution is 0.0182. The van der Waals surface area contributed by atoms with E-state index < -0.39 is 23.8 Å². The van der Waals surface area contributed by atoms with Crippen LogP contribution in [0.5, 0.6) is 0 Å². The smallest absolute Gasteiger partial charge is 0.410 e. The van der Waals surface area contributed by atoms with Crippen LogP contribution in [0.2, 0.25) is 0 Å². The van der Waals surface area contributed by atoms with Crippen LogP contribution in [0, 0.1) is 0 Å². The Kier molecular flexibility index (Phi) is 7.47. The van der Waals surface area contributed by atoms with E-state index in [9.17, 15) is 14.7 Å². The van der Waals surface area contributed by atoms with Crippen LogP contribution in [0.3, 0.4) is 0 Å². The van der Waals surface area contributed by atoms with Gasteiger partial charge in [0.2, 0.25) is 0 Å². The summed E-state index contributed by atoms with van der Waals surface area (Å²) in [6.07, 6.45) is 0.945. The van der Waals surface area contributed by atoms with Gasteiger partial charge in [-0.05, 0) is 45.6 Å². The monoisotopic (exact) mass is 378 g/mol. The molecule has 0 radical (unpaired) electrons. The van der Waals surface area contributed by atoms with Crippen molar-refractivity contribution in [2.45, 2.75) is 64.3 Å². The van der Waals surface area contributed by atoms with Crippen LogP contribution in [0.1, 0.15) is 45.6 Å². The molecule has 27 heavy (non-hydrogen) atoms. The minimum absolute atomic E-state index is 0.0950. The number of hydrogen-bond acceptors (Lipinski definition) is 5. The molecule has 0 spiro atoms. The van der Waals surface area contributed by atoms with Gasteiger partial charge in [-0.25, -0.2) is 9.59 Å². The molecule has 0 aromatic heterocycles. The number of alkyl carbamates (subject to hydrolysis) is 1. The first kappa shape index (κ1) is 21.0. The SMILES string of the molecule is CC(C)(C)OC(=O)N1CCC[C@H]1[C@@H](CCO)NC(=O)OCc1ccccc1. The van der Waals surface area contributed by atoms with Crippen molar-refractivity contribution in [2.24, 2.45) is 0 Å². The van der Waals surface area contributed by atoms with Crippen LogP contribution >= 0.6 is 0 Å². The van der Waals surface area contributed by atoms with Crippen LogP contribution in [0.25, 0.3) is 0 Å². The van der Waals surface area contributed by atoms with Gasteiger partial charge < -0.3 is 24.8 Å². The van der Waals surface area contributed by atoms with E-state index in [1.165, 1.54) is 0 Å². The Bertz CT molecular complexity index is 615. The van der Waals surface area contributed by atoms with Crippen molar-refractivity contribution in [1.82, 2.24) is 10.2 Å². The molecule has 1 saturated heterocycles. The lowest BCUT2D eigenvalue weighted by Gasteiger charge is -2.33. The molecule has 1 aromatic carbocycles. The van der Waals surface area contributed by atoms with Gasteiger partial charge in [0.1, 0.15) is 12.2 Å². The van der Waals surface area contributed by atoms with E-state index in [-0.39, 0.29) is 19.3 Å². The number of amides is 2. The maximum atomic E-state index is 12.5. The first-order valence-corrected chi connectivity index (χ1v) is 9.38. The molecule has 7 heteroatoms. The third-order valence-electron chi connectivity index (χ3n) is 4.35. The Balaban J connectivity index is 1.95. The first-order chi connectivity index (χ1) is 12.8. The summed E-state index contributed by atoms with van der Waals surface area (Å²) in [5.74, 6) is 0. The minimum atomic E-state index is -0.585. The van der Waals surface area contributed by atoms with E-state index in [1.807, 2.05) is 51.1 Å². The highest BCUT2D eigenvalue weighted by molar-refractivity contribution is 5.70. The van der Waals surface area contributed by atoms with Gasteiger partial charge in [0.25, 0.3) is 0 Å². The maximum Gasteiger partial charge on any atom is 0.410 e. The number of benzene rings is 1. The number of nitrogens with zero attached hydrogens (tertiary/aromatic N) is 1. The molecule has 0 aliphatic carbocycles. The number of rotatable bonds is 6. The number of aliphatic hydroxyl groups is 1. The van der Waals surface area contributed by atoms with Crippen molar-refractivity contribution in [3.05, 3.63) is 35.9 Å². The van der Waals surface area contributed by atoms with Crippen molar-refractivity contribution < 1.29 is 24.2 Å². The topological polar surface area (TPSA) is 88.1 Å². The highest BCUT2D eigenvalue weighted by Gasteiger charge is 2.37. The summed E-state index contributed by atoms with van der Waals surface area (Å²) >= 11 is 0. The fraction of sp³-hybridized carbons (Fsp3) is 0.600. The molecule has 2 atom stereocenters. The van der Waals surface area contributed by atoms with E-state index >= 15 is 0 Å². The maximum absolute atomic E-state index is 12.5. The van der Waals surface area contributed by atoms with Crippen LogP contribution < -0.4 is 5.32 Å². The summed E-state index contributed by atoms with van der Waals surface area (Å²) in [5, 5.41) is 12.2. The van der Waals surface area contributed by atoms with Gasteiger partial charge in [0, 0.05) is 13.2 Å². The molecule has 0 saturated carbocycles. The van der Waals surface area contributed by atoms with Gasteiger partial charge in [-0.3, -0.25) is 0 Å². The van der Waals surface area contributed by atoms with E-state index in [1.54, 1.807) is 4.90 Å². The standard InChI is InChI=1S/C20H30N2O5/c1-20(2,3)27-19(25)22-12-7-10-17(22)16(11-13-23)21-18(24)26-14-15-8-5-4-6-9-15/h4-6,8-9,16-17,23H,7,10-14H2,1-3H3,(H,21,24)/t16-,17+/m1/s1. The van der Waals surface area contributed by atoms with Gasteiger partial charge in [-0.2, -0.15) is 0 Å². The van der Waals surface area contributed by atoms with Crippen LogP contribution in [0.4, 0.5) is 9.59 Å². The molecule has 1 aliphatic heterocycles. The quantitative estimate of drug-likeness (QED) is 0.794. The van der Waals surface area contributed by atoms with Gasteiger partial charge >= 0.3 is 12.2 Å². The van der Waals surface area contributed by atoms with E-state index in [0.717, 1.165) is 18.4 Å². The summed E-state index contributed by atoms with van der Waals surface area (Å²) in [6, 6.07) is 8.78. The van der Waals surface area contributed by atoms with Crippen molar-refractivity contribution in [2.75, 3.05) is 13.2 Å². The average molecular weight is 378 g/mol. The van der Waals surface area contributed by atoms with Crippen molar-refractivity contribution in [1.29, 1.82) is 0 Å². The molecule has 2 rings (SSSR count).